The molecule has 0 aliphatic rings. The second kappa shape index (κ2) is 7.58. The van der Waals surface area contributed by atoms with Crippen molar-refractivity contribution in [2.75, 3.05) is 11.3 Å². The van der Waals surface area contributed by atoms with Gasteiger partial charge in [0.2, 0.25) is 0 Å². The summed E-state index contributed by atoms with van der Waals surface area (Å²) in [5.74, 6) is -1.06. The maximum Gasteiger partial charge on any atom is 0.395 e. The first-order chi connectivity index (χ1) is 10.6. The summed E-state index contributed by atoms with van der Waals surface area (Å²) >= 11 is 3.73. The quantitative estimate of drug-likeness (QED) is 0.371. The van der Waals surface area contributed by atoms with Crippen molar-refractivity contribution in [3.8, 4) is 11.1 Å². The number of ether oxygens (including phenoxy) is 1. The van der Waals surface area contributed by atoms with Crippen LogP contribution in [0, 0.1) is 10.1 Å². The van der Waals surface area contributed by atoms with E-state index >= 15 is 0 Å². The van der Waals surface area contributed by atoms with Crippen LogP contribution < -0.4 is 5.32 Å². The van der Waals surface area contributed by atoms with Crippen molar-refractivity contribution in [3.05, 3.63) is 64.7 Å². The zero-order chi connectivity index (χ0) is 15.9. The summed E-state index contributed by atoms with van der Waals surface area (Å²) in [5.41, 5.74) is 2.34. The molecule has 0 saturated carbocycles. The molecule has 22 heavy (non-hydrogen) atoms. The number of carbonyl (C=O) groups is 1. The lowest BCUT2D eigenvalue weighted by Crippen LogP contribution is -2.36. The van der Waals surface area contributed by atoms with Gasteiger partial charge in [0.25, 0.3) is 0 Å². The molecule has 2 aromatic rings. The van der Waals surface area contributed by atoms with Gasteiger partial charge in [0.15, 0.2) is 0 Å². The Labute approximate surface area is 132 Å². The van der Waals surface area contributed by atoms with Gasteiger partial charge in [0.1, 0.15) is 0 Å². The first kappa shape index (κ1) is 16.0. The number of carbonyl (C=O) groups excluding carboxylic acids is 1. The normalized spacial score (nSPS) is 11.7. The maximum absolute atomic E-state index is 11.9. The smallest absolute Gasteiger partial charge is 0.318 e. The summed E-state index contributed by atoms with van der Waals surface area (Å²) in [6, 6.07) is 16.6. The van der Waals surface area contributed by atoms with Crippen LogP contribution >= 0.6 is 12.6 Å². The van der Waals surface area contributed by atoms with Crippen LogP contribution in [0.2, 0.25) is 0 Å². The van der Waals surface area contributed by atoms with Crippen LogP contribution in [0.25, 0.3) is 11.1 Å². The number of benzene rings is 2. The Balaban J connectivity index is 2.17. The minimum Gasteiger partial charge on any atom is -0.318 e. The van der Waals surface area contributed by atoms with Crippen molar-refractivity contribution in [2.45, 2.75) is 6.23 Å². The molecule has 114 valence electrons. The minimum absolute atomic E-state index is 0.219. The van der Waals surface area contributed by atoms with Gasteiger partial charge in [-0.25, -0.2) is 0 Å². The molecule has 0 fully saturated rings. The first-order valence-corrected chi connectivity index (χ1v) is 7.07. The Hall–Kier alpha value is -2.38. The van der Waals surface area contributed by atoms with E-state index in [2.05, 4.69) is 17.9 Å². The predicted octanol–water partition coefficient (Wildman–Crippen LogP) is 2.80. The van der Waals surface area contributed by atoms with Gasteiger partial charge in [-0.1, -0.05) is 42.5 Å². The highest BCUT2D eigenvalue weighted by atomic mass is 32.1. The van der Waals surface area contributed by atoms with Crippen molar-refractivity contribution >= 4 is 24.2 Å². The van der Waals surface area contributed by atoms with Gasteiger partial charge in [-0.3, -0.25) is 19.6 Å². The van der Waals surface area contributed by atoms with E-state index in [4.69, 9.17) is 4.74 Å². The third-order valence-corrected chi connectivity index (χ3v) is 3.03. The Morgan fingerprint density at radius 2 is 1.86 bits per heavy atom. The lowest BCUT2D eigenvalue weighted by Gasteiger charge is -2.10. The average Bonchev–Trinajstić information content (AvgIpc) is 2.53. The molecule has 6 nitrogen and oxygen atoms in total. The van der Waals surface area contributed by atoms with E-state index in [1.54, 1.807) is 18.2 Å². The highest BCUT2D eigenvalue weighted by Gasteiger charge is 2.30. The van der Waals surface area contributed by atoms with Gasteiger partial charge in [-0.15, -0.1) is 0 Å². The number of nitro groups is 1. The molecule has 7 heteroatoms. The van der Waals surface area contributed by atoms with E-state index in [9.17, 15) is 14.9 Å². The molecule has 0 aliphatic heterocycles. The summed E-state index contributed by atoms with van der Waals surface area (Å²) < 4.78 is 4.71. The molecule has 1 unspecified atom stereocenters. The van der Waals surface area contributed by atoms with E-state index in [0.717, 1.165) is 11.1 Å². The standard InChI is InChI=1S/C15H14N2O4S/c18-14(15(17(19)20)21-10-22)16-13-8-4-7-12(9-13)11-5-2-1-3-6-11/h1-9,15,22H,10H2,(H,16,18). The molecule has 0 aromatic heterocycles. The third kappa shape index (κ3) is 4.06. The minimum atomic E-state index is -1.78. The van der Waals surface area contributed by atoms with Crippen molar-refractivity contribution in [3.63, 3.8) is 0 Å². The lowest BCUT2D eigenvalue weighted by molar-refractivity contribution is -0.555. The summed E-state index contributed by atoms with van der Waals surface area (Å²) in [6.07, 6.45) is -1.78. The highest BCUT2D eigenvalue weighted by molar-refractivity contribution is 7.80. The van der Waals surface area contributed by atoms with Gasteiger partial charge in [-0.2, -0.15) is 12.6 Å². The Bertz CT molecular complexity index is 664. The molecule has 1 N–H and O–H groups in total. The van der Waals surface area contributed by atoms with E-state index < -0.39 is 17.1 Å². The number of thiol groups is 1. The van der Waals surface area contributed by atoms with Crippen molar-refractivity contribution < 1.29 is 14.5 Å². The van der Waals surface area contributed by atoms with Crippen LogP contribution in [0.4, 0.5) is 5.69 Å². The molecule has 0 aliphatic carbocycles. The summed E-state index contributed by atoms with van der Waals surface area (Å²) in [6.45, 7) is 0. The van der Waals surface area contributed by atoms with E-state index in [1.807, 2.05) is 36.4 Å². The Morgan fingerprint density at radius 3 is 2.50 bits per heavy atom. The van der Waals surface area contributed by atoms with Crippen molar-refractivity contribution in [2.24, 2.45) is 0 Å². The monoisotopic (exact) mass is 318 g/mol. The number of hydrogen-bond donors (Lipinski definition) is 2. The number of anilines is 1. The van der Waals surface area contributed by atoms with E-state index in [1.165, 1.54) is 0 Å². The van der Waals surface area contributed by atoms with Crippen LogP contribution in [0.3, 0.4) is 0 Å². The zero-order valence-electron chi connectivity index (χ0n) is 11.5. The molecule has 0 spiro atoms. The van der Waals surface area contributed by atoms with Crippen LogP contribution in [0.1, 0.15) is 0 Å². The molecule has 1 atom stereocenters. The number of amides is 1. The van der Waals surface area contributed by atoms with Crippen LogP contribution in [0.5, 0.6) is 0 Å². The molecule has 2 rings (SSSR count). The average molecular weight is 318 g/mol. The number of nitrogens with zero attached hydrogens (tertiary/aromatic N) is 1. The summed E-state index contributed by atoms with van der Waals surface area (Å²) in [7, 11) is 0. The molecular weight excluding hydrogens is 304 g/mol. The van der Waals surface area contributed by atoms with E-state index in [0.29, 0.717) is 5.69 Å². The van der Waals surface area contributed by atoms with Crippen LogP contribution in [-0.2, 0) is 9.53 Å². The second-order valence-electron chi connectivity index (χ2n) is 4.37. The molecule has 0 saturated heterocycles. The summed E-state index contributed by atoms with van der Waals surface area (Å²) in [5, 5.41) is 13.3. The lowest BCUT2D eigenvalue weighted by atomic mass is 10.1. The molecule has 2 aromatic carbocycles. The fraction of sp³-hybridized carbons (Fsp3) is 0.133. The number of rotatable bonds is 6. The highest BCUT2D eigenvalue weighted by Crippen LogP contribution is 2.22. The molecule has 1 amide bonds. The van der Waals surface area contributed by atoms with Gasteiger partial charge >= 0.3 is 12.1 Å². The fourth-order valence-electron chi connectivity index (χ4n) is 1.91. The Morgan fingerprint density at radius 1 is 1.18 bits per heavy atom. The van der Waals surface area contributed by atoms with Crippen molar-refractivity contribution in [1.29, 1.82) is 0 Å². The second-order valence-corrected chi connectivity index (χ2v) is 4.63. The maximum atomic E-state index is 11.9. The Kier molecular flexibility index (Phi) is 5.51. The summed E-state index contributed by atoms with van der Waals surface area (Å²) in [4.78, 5) is 21.9. The molecule has 0 radical (unpaired) electrons. The topological polar surface area (TPSA) is 81.5 Å². The molecular formula is C15H14N2O4S. The van der Waals surface area contributed by atoms with E-state index in [-0.39, 0.29) is 5.94 Å². The largest absolute Gasteiger partial charge is 0.395 e. The fourth-order valence-corrected chi connectivity index (χ4v) is 2.06. The van der Waals surface area contributed by atoms with Crippen molar-refractivity contribution in [1.82, 2.24) is 0 Å². The van der Waals surface area contributed by atoms with Gasteiger partial charge in [0, 0.05) is 5.69 Å². The van der Waals surface area contributed by atoms with Crippen LogP contribution in [0.15, 0.2) is 54.6 Å². The third-order valence-electron chi connectivity index (χ3n) is 2.89. The number of hydrogen-bond acceptors (Lipinski definition) is 5. The molecule has 0 bridgehead atoms. The first-order valence-electron chi connectivity index (χ1n) is 6.44. The zero-order valence-corrected chi connectivity index (χ0v) is 12.4. The van der Waals surface area contributed by atoms with Gasteiger partial charge in [-0.05, 0) is 23.3 Å². The van der Waals surface area contributed by atoms with Crippen LogP contribution in [-0.4, -0.2) is 23.0 Å². The van der Waals surface area contributed by atoms with Gasteiger partial charge in [0.05, 0.1) is 10.9 Å². The SMILES string of the molecule is O=C(Nc1cccc(-c2ccccc2)c1)C(OCS)[N+](=O)[O-]. The predicted molar refractivity (Wildman–Crippen MR) is 86.2 cm³/mol. The number of nitrogens with one attached hydrogen (secondary N) is 1. The molecule has 0 heterocycles. The van der Waals surface area contributed by atoms with Gasteiger partial charge < -0.3 is 5.32 Å².